The topological polar surface area (TPSA) is 44.5 Å². The van der Waals surface area contributed by atoms with Gasteiger partial charge >= 0.3 is 6.36 Å². The van der Waals surface area contributed by atoms with Crippen LogP contribution in [0.2, 0.25) is 0 Å². The highest BCUT2D eigenvalue weighted by molar-refractivity contribution is 5.85. The third-order valence-electron chi connectivity index (χ3n) is 2.23. The highest BCUT2D eigenvalue weighted by atomic mass is 35.5. The number of fused-ring (bicyclic) bond motifs is 1. The van der Waals surface area contributed by atoms with Crippen molar-refractivity contribution < 1.29 is 22.6 Å². The zero-order valence-electron chi connectivity index (χ0n) is 8.66. The summed E-state index contributed by atoms with van der Waals surface area (Å²) in [7, 11) is 0. The van der Waals surface area contributed by atoms with E-state index in [-0.39, 0.29) is 24.2 Å². The van der Waals surface area contributed by atoms with Crippen molar-refractivity contribution >= 4 is 12.4 Å². The Balaban J connectivity index is 0.00000144. The quantitative estimate of drug-likeness (QED) is 0.851. The van der Waals surface area contributed by atoms with E-state index in [0.717, 1.165) is 0 Å². The number of hydrogen-bond acceptors (Lipinski definition) is 3. The number of rotatable bonds is 1. The maximum Gasteiger partial charge on any atom is 0.573 e. The first-order chi connectivity index (χ1) is 7.46. The van der Waals surface area contributed by atoms with Crippen LogP contribution >= 0.6 is 12.4 Å². The molecule has 1 aromatic carbocycles. The number of ether oxygens (including phenoxy) is 2. The van der Waals surface area contributed by atoms with Crippen molar-refractivity contribution in [1.29, 1.82) is 0 Å². The lowest BCUT2D eigenvalue weighted by Crippen LogP contribution is -2.34. The van der Waals surface area contributed by atoms with E-state index in [1.165, 1.54) is 12.1 Å². The molecule has 0 spiro atoms. The molecule has 1 aliphatic rings. The summed E-state index contributed by atoms with van der Waals surface area (Å²) in [5, 5.41) is 0. The van der Waals surface area contributed by atoms with E-state index >= 15 is 0 Å². The first kappa shape index (κ1) is 13.9. The smallest absolute Gasteiger partial charge is 0.492 e. The van der Waals surface area contributed by atoms with Crippen LogP contribution in [-0.2, 0) is 6.42 Å². The molecular weight excluding hydrogens is 259 g/mol. The maximum atomic E-state index is 12.1. The molecule has 0 saturated carbocycles. The highest BCUT2D eigenvalue weighted by Gasteiger charge is 2.33. The molecule has 2 N–H and O–H groups in total. The molecular formula is C10H11ClF3NO2. The third kappa shape index (κ3) is 3.41. The molecule has 0 saturated heterocycles. The van der Waals surface area contributed by atoms with Crippen LogP contribution in [0.1, 0.15) is 5.56 Å². The van der Waals surface area contributed by atoms with Crippen molar-refractivity contribution in [2.75, 3.05) is 6.61 Å². The van der Waals surface area contributed by atoms with Crippen molar-refractivity contribution in [3.8, 4) is 11.5 Å². The fraction of sp³-hybridized carbons (Fsp3) is 0.400. The molecule has 0 bridgehead atoms. The van der Waals surface area contributed by atoms with Crippen molar-refractivity contribution in [2.24, 2.45) is 5.73 Å². The predicted molar refractivity (Wildman–Crippen MR) is 57.5 cm³/mol. The molecule has 1 heterocycles. The molecule has 3 nitrogen and oxygen atoms in total. The summed E-state index contributed by atoms with van der Waals surface area (Å²) in [5.41, 5.74) is 5.99. The molecule has 17 heavy (non-hydrogen) atoms. The Morgan fingerprint density at radius 1 is 1.35 bits per heavy atom. The van der Waals surface area contributed by atoms with Gasteiger partial charge in [0.25, 0.3) is 0 Å². The van der Waals surface area contributed by atoms with E-state index < -0.39 is 6.36 Å². The number of nitrogens with two attached hydrogens (primary N) is 1. The normalized spacial score (nSPS) is 18.7. The van der Waals surface area contributed by atoms with Gasteiger partial charge in [0, 0.05) is 11.6 Å². The zero-order chi connectivity index (χ0) is 11.8. The first-order valence-corrected chi connectivity index (χ1v) is 4.72. The van der Waals surface area contributed by atoms with Gasteiger partial charge in [-0.05, 0) is 18.6 Å². The minimum atomic E-state index is -4.70. The Morgan fingerprint density at radius 2 is 2.06 bits per heavy atom. The van der Waals surface area contributed by atoms with Gasteiger partial charge in [0.15, 0.2) is 0 Å². The Labute approximate surface area is 102 Å². The SMILES string of the molecule is Cl.NC1COc2cccc(OC(F)(F)F)c2C1. The lowest BCUT2D eigenvalue weighted by atomic mass is 10.0. The maximum absolute atomic E-state index is 12.1. The molecule has 1 aromatic rings. The van der Waals surface area contributed by atoms with Crippen molar-refractivity contribution in [1.82, 2.24) is 0 Å². The molecule has 0 amide bonds. The minimum absolute atomic E-state index is 0. The van der Waals surface area contributed by atoms with Gasteiger partial charge in [0.2, 0.25) is 0 Å². The highest BCUT2D eigenvalue weighted by Crippen LogP contribution is 2.35. The molecule has 1 aliphatic heterocycles. The summed E-state index contributed by atoms with van der Waals surface area (Å²) in [6.45, 7) is 0.308. The van der Waals surface area contributed by atoms with Gasteiger partial charge in [-0.2, -0.15) is 0 Å². The van der Waals surface area contributed by atoms with E-state index in [4.69, 9.17) is 10.5 Å². The lowest BCUT2D eigenvalue weighted by Gasteiger charge is -2.24. The second-order valence-corrected chi connectivity index (χ2v) is 3.56. The predicted octanol–water partition coefficient (Wildman–Crippen LogP) is 2.27. The van der Waals surface area contributed by atoms with Crippen molar-refractivity contribution in [3.63, 3.8) is 0 Å². The monoisotopic (exact) mass is 269 g/mol. The molecule has 7 heteroatoms. The van der Waals surface area contributed by atoms with Gasteiger partial charge in [0.1, 0.15) is 18.1 Å². The Morgan fingerprint density at radius 3 is 2.71 bits per heavy atom. The summed E-state index contributed by atoms with van der Waals surface area (Å²) in [4.78, 5) is 0. The fourth-order valence-corrected chi connectivity index (χ4v) is 1.62. The van der Waals surface area contributed by atoms with E-state index in [0.29, 0.717) is 24.3 Å². The molecule has 0 aromatic heterocycles. The van der Waals surface area contributed by atoms with E-state index in [1.807, 2.05) is 0 Å². The van der Waals surface area contributed by atoms with E-state index in [9.17, 15) is 13.2 Å². The Kier molecular flexibility index (Phi) is 4.11. The number of halogens is 4. The van der Waals surface area contributed by atoms with Crippen LogP contribution in [-0.4, -0.2) is 19.0 Å². The van der Waals surface area contributed by atoms with Crippen LogP contribution in [0.3, 0.4) is 0 Å². The largest absolute Gasteiger partial charge is 0.573 e. The molecule has 0 fully saturated rings. The van der Waals surface area contributed by atoms with Crippen LogP contribution in [0.15, 0.2) is 18.2 Å². The summed E-state index contributed by atoms with van der Waals surface area (Å²) in [5.74, 6) is 0.170. The standard InChI is InChI=1S/C10H10F3NO2.ClH/c11-10(12,13)16-9-3-1-2-8-7(9)4-6(14)5-15-8;/h1-3,6H,4-5,14H2;1H. The molecule has 96 valence electrons. The summed E-state index contributed by atoms with van der Waals surface area (Å²) in [6.07, 6.45) is -4.38. The van der Waals surface area contributed by atoms with Gasteiger partial charge in [0.05, 0.1) is 0 Å². The molecule has 1 unspecified atom stereocenters. The number of benzene rings is 1. The first-order valence-electron chi connectivity index (χ1n) is 4.72. The van der Waals surface area contributed by atoms with E-state index in [2.05, 4.69) is 4.74 Å². The van der Waals surface area contributed by atoms with E-state index in [1.54, 1.807) is 6.07 Å². The summed E-state index contributed by atoms with van der Waals surface area (Å²) >= 11 is 0. The molecule has 2 rings (SSSR count). The molecule has 1 atom stereocenters. The third-order valence-corrected chi connectivity index (χ3v) is 2.23. The van der Waals surface area contributed by atoms with Gasteiger partial charge < -0.3 is 15.2 Å². The van der Waals surface area contributed by atoms with Gasteiger partial charge in [-0.15, -0.1) is 25.6 Å². The van der Waals surface area contributed by atoms with Gasteiger partial charge in [-0.3, -0.25) is 0 Å². The second-order valence-electron chi connectivity index (χ2n) is 3.56. The van der Waals surface area contributed by atoms with Gasteiger partial charge in [-0.25, -0.2) is 0 Å². The van der Waals surface area contributed by atoms with Crippen LogP contribution in [0, 0.1) is 0 Å². The van der Waals surface area contributed by atoms with Gasteiger partial charge in [-0.1, -0.05) is 6.07 Å². The summed E-state index contributed by atoms with van der Waals surface area (Å²) in [6, 6.07) is 4.01. The lowest BCUT2D eigenvalue weighted by molar-refractivity contribution is -0.275. The second kappa shape index (κ2) is 5.01. The average molecular weight is 270 g/mol. The number of alkyl halides is 3. The zero-order valence-corrected chi connectivity index (χ0v) is 9.48. The van der Waals surface area contributed by atoms with Crippen molar-refractivity contribution in [2.45, 2.75) is 18.8 Å². The summed E-state index contributed by atoms with van der Waals surface area (Å²) < 4.78 is 45.5. The van der Waals surface area contributed by atoms with Crippen molar-refractivity contribution in [3.05, 3.63) is 23.8 Å². The van der Waals surface area contributed by atoms with Crippen LogP contribution in [0.5, 0.6) is 11.5 Å². The molecule has 0 radical (unpaired) electrons. The minimum Gasteiger partial charge on any atom is -0.492 e. The fourth-order valence-electron chi connectivity index (χ4n) is 1.62. The van der Waals surface area contributed by atoms with Crippen LogP contribution in [0.25, 0.3) is 0 Å². The Hall–Kier alpha value is -1.14. The number of hydrogen-bond donors (Lipinski definition) is 1. The average Bonchev–Trinajstić information content (AvgIpc) is 2.17. The van der Waals surface area contributed by atoms with Crippen LogP contribution in [0.4, 0.5) is 13.2 Å². The molecule has 0 aliphatic carbocycles. The van der Waals surface area contributed by atoms with Crippen LogP contribution < -0.4 is 15.2 Å². The Bertz CT molecular complexity index is 398.